The number of rotatable bonds is 7. The van der Waals surface area contributed by atoms with Crippen molar-refractivity contribution >= 4 is 41.5 Å². The maximum Gasteiger partial charge on any atom is 0.316 e. The van der Waals surface area contributed by atoms with Crippen molar-refractivity contribution in [3.8, 4) is 5.75 Å². The lowest BCUT2D eigenvalue weighted by Crippen LogP contribution is -2.54. The van der Waals surface area contributed by atoms with Crippen molar-refractivity contribution in [1.82, 2.24) is 9.80 Å². The number of halogens is 3. The molecule has 2 aromatic rings. The number of carbonyl (C=O) groups excluding carboxylic acids is 2. The molecule has 4 rings (SSSR count). The molecular weight excluding hydrogens is 484 g/mol. The van der Waals surface area contributed by atoms with Gasteiger partial charge < -0.3 is 19.3 Å². The van der Waals surface area contributed by atoms with Crippen LogP contribution in [0.2, 0.25) is 5.02 Å². The van der Waals surface area contributed by atoms with Crippen LogP contribution in [-0.4, -0.2) is 74.2 Å². The highest BCUT2D eigenvalue weighted by molar-refractivity contribution is 6.41. The zero-order valence-corrected chi connectivity index (χ0v) is 20.5. The summed E-state index contributed by atoms with van der Waals surface area (Å²) in [6, 6.07) is 9.54. The van der Waals surface area contributed by atoms with E-state index in [1.54, 1.807) is 0 Å². The van der Waals surface area contributed by atoms with Gasteiger partial charge in [-0.15, -0.1) is 12.4 Å². The zero-order valence-electron chi connectivity index (χ0n) is 19.0. The van der Waals surface area contributed by atoms with Gasteiger partial charge in [0.15, 0.2) is 0 Å². The molecule has 184 valence electrons. The number of ether oxygens (including phenoxy) is 2. The molecule has 10 heteroatoms. The summed E-state index contributed by atoms with van der Waals surface area (Å²) in [7, 11) is 0. The highest BCUT2D eigenvalue weighted by Gasteiger charge is 2.34. The van der Waals surface area contributed by atoms with Gasteiger partial charge in [0, 0.05) is 49.9 Å². The largest absolute Gasteiger partial charge is 0.492 e. The summed E-state index contributed by atoms with van der Waals surface area (Å²) in [4.78, 5) is 31.0. The predicted octanol–water partition coefficient (Wildman–Crippen LogP) is 3.30. The van der Waals surface area contributed by atoms with Crippen molar-refractivity contribution in [1.29, 1.82) is 0 Å². The van der Waals surface area contributed by atoms with Gasteiger partial charge in [0.25, 0.3) is 0 Å². The normalized spacial score (nSPS) is 17.0. The van der Waals surface area contributed by atoms with E-state index in [1.807, 2.05) is 25.1 Å². The maximum absolute atomic E-state index is 13.3. The lowest BCUT2D eigenvalue weighted by molar-refractivity contribution is -0.146. The van der Waals surface area contributed by atoms with Crippen molar-refractivity contribution in [3.63, 3.8) is 0 Å². The van der Waals surface area contributed by atoms with E-state index in [-0.39, 0.29) is 24.0 Å². The van der Waals surface area contributed by atoms with Crippen LogP contribution in [0.4, 0.5) is 10.1 Å². The lowest BCUT2D eigenvalue weighted by atomic mass is 10.1. The standard InChI is InChI=1S/C24H27ClFN3O4.ClH/c1-17-21(3-2-4-22(17)33-14-11-27-9-12-32-13-10-27)29-8-7-28(23(30)24(29)31)16-18-5-6-19(26)15-20(18)25;/h2-6,15H,7-14,16H2,1H3;1H. The number of benzene rings is 2. The van der Waals surface area contributed by atoms with Crippen molar-refractivity contribution in [2.75, 3.05) is 57.4 Å². The van der Waals surface area contributed by atoms with Gasteiger partial charge in [-0.2, -0.15) is 0 Å². The average molecular weight is 512 g/mol. The molecule has 2 aromatic carbocycles. The maximum atomic E-state index is 13.3. The SMILES string of the molecule is Cc1c(OCCN2CCOCC2)cccc1N1CCN(Cc2ccc(F)cc2Cl)C(=O)C1=O.Cl. The highest BCUT2D eigenvalue weighted by Crippen LogP contribution is 2.30. The Labute approximate surface area is 209 Å². The molecule has 0 aromatic heterocycles. The second-order valence-corrected chi connectivity index (χ2v) is 8.53. The Morgan fingerprint density at radius 1 is 1.06 bits per heavy atom. The summed E-state index contributed by atoms with van der Waals surface area (Å²) >= 11 is 6.09. The van der Waals surface area contributed by atoms with E-state index in [0.717, 1.165) is 38.4 Å². The van der Waals surface area contributed by atoms with Gasteiger partial charge in [-0.3, -0.25) is 14.5 Å². The third-order valence-corrected chi connectivity index (χ3v) is 6.35. The number of amides is 2. The molecule has 34 heavy (non-hydrogen) atoms. The summed E-state index contributed by atoms with van der Waals surface area (Å²) in [6.45, 7) is 7.34. The van der Waals surface area contributed by atoms with Crippen molar-refractivity contribution in [3.05, 3.63) is 58.4 Å². The van der Waals surface area contributed by atoms with Gasteiger partial charge >= 0.3 is 11.8 Å². The van der Waals surface area contributed by atoms with E-state index in [1.165, 1.54) is 28.0 Å². The minimum Gasteiger partial charge on any atom is -0.492 e. The van der Waals surface area contributed by atoms with Gasteiger partial charge in [0.1, 0.15) is 18.2 Å². The number of hydrogen-bond donors (Lipinski definition) is 0. The molecule has 0 saturated carbocycles. The molecule has 2 aliphatic heterocycles. The fourth-order valence-electron chi connectivity index (χ4n) is 4.07. The van der Waals surface area contributed by atoms with E-state index < -0.39 is 17.6 Å². The molecule has 2 heterocycles. The summed E-state index contributed by atoms with van der Waals surface area (Å²) in [5.74, 6) is -0.965. The van der Waals surface area contributed by atoms with Crippen LogP contribution in [0.25, 0.3) is 0 Å². The first-order valence-corrected chi connectivity index (χ1v) is 11.4. The molecule has 2 fully saturated rings. The van der Waals surface area contributed by atoms with Crippen molar-refractivity contribution < 1.29 is 23.5 Å². The first-order valence-electron chi connectivity index (χ1n) is 11.0. The zero-order chi connectivity index (χ0) is 23.4. The van der Waals surface area contributed by atoms with Gasteiger partial charge in [0.2, 0.25) is 0 Å². The number of piperazine rings is 1. The summed E-state index contributed by atoms with van der Waals surface area (Å²) in [5.41, 5.74) is 2.08. The molecule has 2 aliphatic rings. The molecule has 0 unspecified atom stereocenters. The van der Waals surface area contributed by atoms with E-state index in [9.17, 15) is 14.0 Å². The summed E-state index contributed by atoms with van der Waals surface area (Å²) < 4.78 is 24.7. The predicted molar refractivity (Wildman–Crippen MR) is 130 cm³/mol. The van der Waals surface area contributed by atoms with Crippen LogP contribution in [0, 0.1) is 12.7 Å². The van der Waals surface area contributed by atoms with Gasteiger partial charge in [0.05, 0.1) is 18.9 Å². The number of hydrogen-bond acceptors (Lipinski definition) is 5. The van der Waals surface area contributed by atoms with Gasteiger partial charge in [-0.05, 0) is 36.8 Å². The number of nitrogens with zero attached hydrogens (tertiary/aromatic N) is 3. The van der Waals surface area contributed by atoms with E-state index >= 15 is 0 Å². The molecule has 2 saturated heterocycles. The van der Waals surface area contributed by atoms with Crippen molar-refractivity contribution in [2.45, 2.75) is 13.5 Å². The van der Waals surface area contributed by atoms with Crippen LogP contribution < -0.4 is 9.64 Å². The van der Waals surface area contributed by atoms with E-state index in [2.05, 4.69) is 4.90 Å². The Hall–Kier alpha value is -2.39. The third kappa shape index (κ3) is 5.99. The van der Waals surface area contributed by atoms with Crippen LogP contribution in [0.15, 0.2) is 36.4 Å². The van der Waals surface area contributed by atoms with Crippen LogP contribution in [0.1, 0.15) is 11.1 Å². The molecule has 2 amide bonds. The average Bonchev–Trinajstić information content (AvgIpc) is 2.81. The molecule has 7 nitrogen and oxygen atoms in total. The molecule has 0 atom stereocenters. The van der Waals surface area contributed by atoms with Crippen LogP contribution in [0.5, 0.6) is 5.75 Å². The molecule has 0 radical (unpaired) electrons. The molecular formula is C24H28Cl2FN3O4. The number of morpholine rings is 1. The quantitative estimate of drug-likeness (QED) is 0.533. The second-order valence-electron chi connectivity index (χ2n) is 8.12. The van der Waals surface area contributed by atoms with E-state index in [0.29, 0.717) is 36.7 Å². The van der Waals surface area contributed by atoms with Crippen LogP contribution >= 0.6 is 24.0 Å². The first kappa shape index (κ1) is 26.2. The third-order valence-electron chi connectivity index (χ3n) is 6.00. The molecule has 0 aliphatic carbocycles. The molecule has 0 spiro atoms. The summed E-state index contributed by atoms with van der Waals surface area (Å²) in [5, 5.41) is 0.232. The monoisotopic (exact) mass is 511 g/mol. The molecule has 0 N–H and O–H groups in total. The lowest BCUT2D eigenvalue weighted by Gasteiger charge is -2.35. The van der Waals surface area contributed by atoms with Gasteiger partial charge in [-0.1, -0.05) is 23.7 Å². The molecule has 0 bridgehead atoms. The first-order chi connectivity index (χ1) is 15.9. The fourth-order valence-corrected chi connectivity index (χ4v) is 4.30. The number of carbonyl (C=O) groups is 2. The topological polar surface area (TPSA) is 62.3 Å². The van der Waals surface area contributed by atoms with Gasteiger partial charge in [-0.25, -0.2) is 4.39 Å². The second kappa shape index (κ2) is 11.8. The Balaban J connectivity index is 0.00000324. The Morgan fingerprint density at radius 3 is 2.56 bits per heavy atom. The Morgan fingerprint density at radius 2 is 1.82 bits per heavy atom. The van der Waals surface area contributed by atoms with Crippen LogP contribution in [0.3, 0.4) is 0 Å². The minimum absolute atomic E-state index is 0. The van der Waals surface area contributed by atoms with Crippen LogP contribution in [-0.2, 0) is 20.9 Å². The summed E-state index contributed by atoms with van der Waals surface area (Å²) in [6.07, 6.45) is 0. The van der Waals surface area contributed by atoms with E-state index in [4.69, 9.17) is 21.1 Å². The Kier molecular flexibility index (Phi) is 9.13. The highest BCUT2D eigenvalue weighted by atomic mass is 35.5. The number of anilines is 1. The van der Waals surface area contributed by atoms with Crippen molar-refractivity contribution in [2.24, 2.45) is 0 Å². The smallest absolute Gasteiger partial charge is 0.316 e. The minimum atomic E-state index is -0.611. The Bertz CT molecular complexity index is 1030. The fraction of sp³-hybridized carbons (Fsp3) is 0.417.